The van der Waals surface area contributed by atoms with Gasteiger partial charge in [-0.25, -0.2) is 4.79 Å². The molecule has 0 spiro atoms. The molecule has 0 saturated carbocycles. The number of nitrogens with zero attached hydrogens (tertiary/aromatic N) is 2. The van der Waals surface area contributed by atoms with Gasteiger partial charge in [0.25, 0.3) is 0 Å². The SMILES string of the molecule is CC1OC(OCCNC(=O)CCCNC(=O)CN(CC(=O)NCCCC(=O)NCCOC2OC(COC3OC(CO)C(O)C(O)C3O)C(O)C(OC3OC(CO)C(O)C(O)C3O)C2O)CC(=O)NCCC(=O)On2c(O)ccc2O)C(O)CC1O. The van der Waals surface area contributed by atoms with Gasteiger partial charge in [0.2, 0.25) is 41.3 Å². The van der Waals surface area contributed by atoms with E-state index in [4.69, 9.17) is 42.7 Å². The van der Waals surface area contributed by atoms with Gasteiger partial charge in [0.15, 0.2) is 25.2 Å². The molecule has 4 saturated heterocycles. The number of carbonyl (C=O) groups excluding carboxylic acids is 6. The maximum Gasteiger partial charge on any atom is 0.334 e. The van der Waals surface area contributed by atoms with E-state index in [1.54, 1.807) is 6.92 Å². The zero-order chi connectivity index (χ0) is 62.5. The van der Waals surface area contributed by atoms with Crippen LogP contribution in [0.4, 0.5) is 0 Å². The van der Waals surface area contributed by atoms with Crippen LogP contribution in [0.2, 0.25) is 0 Å². The summed E-state index contributed by atoms with van der Waals surface area (Å²) in [6, 6.07) is 2.14. The number of aromatic hydroxyl groups is 2. The van der Waals surface area contributed by atoms with Crippen molar-refractivity contribution in [2.75, 3.05) is 85.4 Å². The Morgan fingerprint density at radius 2 is 0.976 bits per heavy atom. The Kier molecular flexibility index (Phi) is 29.1. The second-order valence-corrected chi connectivity index (χ2v) is 20.3. The minimum Gasteiger partial charge on any atom is -0.492 e. The number of aromatic nitrogens is 1. The van der Waals surface area contributed by atoms with Crippen molar-refractivity contribution in [3.8, 4) is 11.8 Å². The first kappa shape index (κ1) is 70.6. The number of aliphatic hydroxyl groups excluding tert-OH is 12. The van der Waals surface area contributed by atoms with Crippen LogP contribution in [0.25, 0.3) is 0 Å². The summed E-state index contributed by atoms with van der Waals surface area (Å²) in [5.74, 6) is -5.00. The van der Waals surface area contributed by atoms with E-state index in [0.29, 0.717) is 4.73 Å². The van der Waals surface area contributed by atoms with Crippen molar-refractivity contribution < 1.29 is 143 Å². The van der Waals surface area contributed by atoms with Gasteiger partial charge < -0.3 is 141 Å². The van der Waals surface area contributed by atoms with Gasteiger partial charge in [-0.1, -0.05) is 0 Å². The zero-order valence-corrected chi connectivity index (χ0v) is 46.3. The van der Waals surface area contributed by atoms with Crippen LogP contribution in [-0.2, 0) is 66.7 Å². The summed E-state index contributed by atoms with van der Waals surface area (Å²) in [7, 11) is 0. The average Bonchev–Trinajstić information content (AvgIpc) is 4.00. The maximum absolute atomic E-state index is 13.1. The lowest BCUT2D eigenvalue weighted by Crippen LogP contribution is -2.65. The van der Waals surface area contributed by atoms with E-state index in [2.05, 4.69) is 26.6 Å². The van der Waals surface area contributed by atoms with Crippen LogP contribution >= 0.6 is 0 Å². The highest BCUT2D eigenvalue weighted by Crippen LogP contribution is 2.31. The summed E-state index contributed by atoms with van der Waals surface area (Å²) in [5.41, 5.74) is 0. The Morgan fingerprint density at radius 3 is 1.51 bits per heavy atom. The molecule has 4 aliphatic rings. The molecule has 1 aromatic heterocycles. The second-order valence-electron chi connectivity index (χ2n) is 20.3. The lowest BCUT2D eigenvalue weighted by atomic mass is 9.96. The Morgan fingerprint density at radius 1 is 0.518 bits per heavy atom. The Bertz CT molecular complexity index is 2230. The van der Waals surface area contributed by atoms with Crippen LogP contribution < -0.4 is 31.4 Å². The summed E-state index contributed by atoms with van der Waals surface area (Å²) < 4.78 is 44.7. The zero-order valence-electron chi connectivity index (χ0n) is 46.3. The summed E-state index contributed by atoms with van der Waals surface area (Å²) in [6.45, 7) is -3.05. The predicted molar refractivity (Wildman–Crippen MR) is 276 cm³/mol. The summed E-state index contributed by atoms with van der Waals surface area (Å²) in [6.07, 6.45) is -30.0. The number of amides is 5. The van der Waals surface area contributed by atoms with E-state index in [1.165, 1.54) is 4.90 Å². The molecule has 36 heteroatoms. The van der Waals surface area contributed by atoms with Crippen molar-refractivity contribution in [3.63, 3.8) is 0 Å². The minimum absolute atomic E-state index is 0.00243. The molecule has 1 aromatic rings. The number of hydrogen-bond acceptors (Lipinski definition) is 30. The topological polar surface area (TPSA) is 537 Å². The van der Waals surface area contributed by atoms with Gasteiger partial charge >= 0.3 is 5.97 Å². The van der Waals surface area contributed by atoms with Gasteiger partial charge in [0.05, 0.1) is 71.3 Å². The molecule has 0 aromatic carbocycles. The number of carbonyl (C=O) groups is 6. The van der Waals surface area contributed by atoms with Gasteiger partial charge in [0, 0.05) is 64.1 Å². The van der Waals surface area contributed by atoms with Gasteiger partial charge in [-0.3, -0.25) is 28.9 Å². The molecule has 4 aliphatic heterocycles. The Labute approximate surface area is 485 Å². The predicted octanol–water partition coefficient (Wildman–Crippen LogP) is -11.0. The van der Waals surface area contributed by atoms with Gasteiger partial charge in [-0.05, 0) is 19.8 Å². The van der Waals surface area contributed by atoms with Crippen molar-refractivity contribution in [3.05, 3.63) is 12.1 Å². The van der Waals surface area contributed by atoms with Crippen molar-refractivity contribution in [1.82, 2.24) is 36.2 Å². The Balaban J connectivity index is 1.06. The lowest BCUT2D eigenvalue weighted by molar-refractivity contribution is -0.366. The highest BCUT2D eigenvalue weighted by Gasteiger charge is 2.52. The first-order chi connectivity index (χ1) is 40.4. The quantitative estimate of drug-likeness (QED) is 0.0291. The van der Waals surface area contributed by atoms with Crippen molar-refractivity contribution in [2.24, 2.45) is 0 Å². The lowest BCUT2D eigenvalue weighted by Gasteiger charge is -2.46. The van der Waals surface area contributed by atoms with Crippen LogP contribution in [0.5, 0.6) is 11.8 Å². The monoisotopic (exact) mass is 1230 g/mol. The van der Waals surface area contributed by atoms with Crippen LogP contribution in [0.3, 0.4) is 0 Å². The van der Waals surface area contributed by atoms with Gasteiger partial charge in [0.1, 0.15) is 79.4 Å². The fourth-order valence-corrected chi connectivity index (χ4v) is 8.91. The third-order valence-corrected chi connectivity index (χ3v) is 13.7. The van der Waals surface area contributed by atoms with E-state index in [9.17, 15) is 100 Å². The molecule has 0 aliphatic carbocycles. The number of ether oxygens (including phenoxy) is 8. The maximum atomic E-state index is 13.1. The number of nitrogens with one attached hydrogen (secondary N) is 5. The van der Waals surface area contributed by atoms with Crippen molar-refractivity contribution in [2.45, 2.75) is 162 Å². The van der Waals surface area contributed by atoms with Crippen molar-refractivity contribution >= 4 is 35.5 Å². The molecule has 19 unspecified atom stereocenters. The number of rotatable bonds is 33. The van der Waals surface area contributed by atoms with E-state index >= 15 is 0 Å². The molecule has 19 atom stereocenters. The molecule has 486 valence electrons. The molecule has 85 heavy (non-hydrogen) atoms. The van der Waals surface area contributed by atoms with E-state index in [0.717, 1.165) is 12.1 Å². The molecule has 36 nitrogen and oxygen atoms in total. The smallest absolute Gasteiger partial charge is 0.334 e. The summed E-state index contributed by atoms with van der Waals surface area (Å²) >= 11 is 0. The molecule has 19 N–H and O–H groups in total. The molecule has 5 heterocycles. The molecule has 0 radical (unpaired) electrons. The normalized spacial score (nSPS) is 32.3. The number of hydrogen-bond donors (Lipinski definition) is 19. The first-order valence-corrected chi connectivity index (χ1v) is 27.4. The largest absolute Gasteiger partial charge is 0.492 e. The molecule has 5 amide bonds. The second kappa shape index (κ2) is 35.0. The van der Waals surface area contributed by atoms with Crippen LogP contribution in [0, 0.1) is 0 Å². The summed E-state index contributed by atoms with van der Waals surface area (Å²) in [5, 5.41) is 156. The highest BCUT2D eigenvalue weighted by atomic mass is 16.8. The van der Waals surface area contributed by atoms with Gasteiger partial charge in [-0.2, -0.15) is 0 Å². The average molecular weight is 1230 g/mol. The molecular weight excluding hydrogens is 1150 g/mol. The first-order valence-electron chi connectivity index (χ1n) is 27.4. The fraction of sp³-hybridized carbons (Fsp3) is 0.796. The fourth-order valence-electron chi connectivity index (χ4n) is 8.91. The van der Waals surface area contributed by atoms with Crippen LogP contribution in [0.1, 0.15) is 45.4 Å². The Hall–Kier alpha value is -5.14. The molecule has 4 fully saturated rings. The number of aliphatic hydroxyl groups is 12. The highest BCUT2D eigenvalue weighted by molar-refractivity contribution is 5.84. The van der Waals surface area contributed by atoms with E-state index in [-0.39, 0.29) is 83.9 Å². The molecule has 0 bridgehead atoms. The molecular formula is C49H81N7O29. The summed E-state index contributed by atoms with van der Waals surface area (Å²) in [4.78, 5) is 82.5. The molecule has 5 rings (SSSR count). The minimum atomic E-state index is -1.97. The standard InChI is InChI=1S/C49H81N7O29/c1-23-24(59)16-25(60)46(80-23)77-14-12-53-29(61)4-2-9-50-31(63)17-55(19-33(65)52-11-8-36(68)85-56-34(66)6-7-35(56)67)18-32(64)51-10-3-5-30(62)54-13-15-78-48-44(76)45(84-49-43(75)41(73)38(70)27(21-58)82-49)39(71)28(83-48)22-79-47-42(74)40(72)37(69)26(20-57)81-47/h6-7,23-28,37-49,57-60,66-67,69-76H,2-5,8-22H2,1H3,(H,50,63)(H,51,64)(H,52,65)(H,53,61)(H,54,62). The van der Waals surface area contributed by atoms with E-state index < -0.39 is 204 Å². The third-order valence-electron chi connectivity index (χ3n) is 13.7. The van der Waals surface area contributed by atoms with Crippen molar-refractivity contribution in [1.29, 1.82) is 0 Å². The van der Waals surface area contributed by atoms with Gasteiger partial charge in [-0.15, -0.1) is 4.73 Å². The van der Waals surface area contributed by atoms with Crippen LogP contribution in [0.15, 0.2) is 12.1 Å². The van der Waals surface area contributed by atoms with Crippen LogP contribution in [-0.4, -0.2) is 319 Å². The third kappa shape index (κ3) is 21.6. The van der Waals surface area contributed by atoms with E-state index in [1.807, 2.05) is 0 Å².